The molecule has 0 bridgehead atoms. The van der Waals surface area contributed by atoms with Gasteiger partial charge in [0.15, 0.2) is 0 Å². The number of nitrogens with zero attached hydrogens (tertiary/aromatic N) is 1. The molecule has 1 saturated heterocycles. The third-order valence-electron chi connectivity index (χ3n) is 3.92. The molecular weight excluding hydrogens is 194 g/mol. The lowest BCUT2D eigenvalue weighted by Gasteiger charge is -2.35. The van der Waals surface area contributed by atoms with Gasteiger partial charge in [-0.25, -0.2) is 0 Å². The fourth-order valence-corrected chi connectivity index (χ4v) is 2.68. The van der Waals surface area contributed by atoms with Crippen LogP contribution < -0.4 is 0 Å². The Morgan fingerprint density at radius 1 is 1.12 bits per heavy atom. The highest BCUT2D eigenvalue weighted by Gasteiger charge is 2.21. The average molecular weight is 225 g/mol. The Morgan fingerprint density at radius 2 is 1.69 bits per heavy atom. The van der Waals surface area contributed by atoms with Gasteiger partial charge in [0.1, 0.15) is 0 Å². The quantitative estimate of drug-likeness (QED) is 0.688. The Balaban J connectivity index is 2.13. The van der Waals surface area contributed by atoms with Crippen LogP contribution in [-0.2, 0) is 0 Å². The molecule has 0 amide bonds. The Morgan fingerprint density at radius 3 is 2.12 bits per heavy atom. The van der Waals surface area contributed by atoms with Crippen LogP contribution in [-0.4, -0.2) is 24.0 Å². The second kappa shape index (κ2) is 6.05. The van der Waals surface area contributed by atoms with E-state index in [1.54, 1.807) is 0 Å². The smallest absolute Gasteiger partial charge is 0.00385 e. The third-order valence-corrected chi connectivity index (χ3v) is 3.92. The van der Waals surface area contributed by atoms with Crippen LogP contribution in [0.15, 0.2) is 0 Å². The van der Waals surface area contributed by atoms with Gasteiger partial charge in [-0.15, -0.1) is 0 Å². The zero-order valence-corrected chi connectivity index (χ0v) is 12.1. The first-order valence-electron chi connectivity index (χ1n) is 7.12. The summed E-state index contributed by atoms with van der Waals surface area (Å²) in [6.07, 6.45) is 7.14. The first kappa shape index (κ1) is 14.0. The first-order chi connectivity index (χ1) is 7.38. The minimum Gasteiger partial charge on any atom is -0.301 e. The summed E-state index contributed by atoms with van der Waals surface area (Å²) in [6.45, 7) is 14.4. The monoisotopic (exact) mass is 225 g/mol. The number of rotatable bonds is 4. The average Bonchev–Trinajstić information content (AvgIpc) is 2.16. The van der Waals surface area contributed by atoms with Crippen molar-refractivity contribution in [3.63, 3.8) is 0 Å². The van der Waals surface area contributed by atoms with Gasteiger partial charge in [-0.05, 0) is 57.5 Å². The molecule has 1 heteroatoms. The molecule has 0 saturated carbocycles. The standard InChI is InChI=1S/C15H31N/c1-13(2)16-11-8-14(9-12-16)7-6-10-15(3,4)5/h13-14H,6-12H2,1-5H3. The zero-order chi connectivity index (χ0) is 12.2. The summed E-state index contributed by atoms with van der Waals surface area (Å²) < 4.78 is 0. The highest BCUT2D eigenvalue weighted by atomic mass is 15.1. The van der Waals surface area contributed by atoms with Gasteiger partial charge in [-0.2, -0.15) is 0 Å². The van der Waals surface area contributed by atoms with E-state index in [-0.39, 0.29) is 0 Å². The molecular formula is C15H31N. The van der Waals surface area contributed by atoms with E-state index in [4.69, 9.17) is 0 Å². The fourth-order valence-electron chi connectivity index (χ4n) is 2.68. The van der Waals surface area contributed by atoms with Crippen molar-refractivity contribution in [1.29, 1.82) is 0 Å². The summed E-state index contributed by atoms with van der Waals surface area (Å²) >= 11 is 0. The molecule has 0 aromatic rings. The van der Waals surface area contributed by atoms with Crippen LogP contribution in [0.2, 0.25) is 0 Å². The summed E-state index contributed by atoms with van der Waals surface area (Å²) in [5, 5.41) is 0. The van der Waals surface area contributed by atoms with E-state index >= 15 is 0 Å². The normalized spacial score (nSPS) is 20.6. The molecule has 1 aliphatic rings. The van der Waals surface area contributed by atoms with Crippen LogP contribution in [0.3, 0.4) is 0 Å². The predicted octanol–water partition coefficient (Wildman–Crippen LogP) is 4.32. The Kier molecular flexibility index (Phi) is 5.30. The molecule has 0 radical (unpaired) electrons. The topological polar surface area (TPSA) is 3.24 Å². The van der Waals surface area contributed by atoms with Crippen LogP contribution in [0.25, 0.3) is 0 Å². The number of hydrogen-bond acceptors (Lipinski definition) is 1. The maximum absolute atomic E-state index is 2.63. The molecule has 0 aromatic carbocycles. The van der Waals surface area contributed by atoms with E-state index in [0.29, 0.717) is 5.41 Å². The highest BCUT2D eigenvalue weighted by molar-refractivity contribution is 4.75. The van der Waals surface area contributed by atoms with Gasteiger partial charge in [0, 0.05) is 6.04 Å². The molecule has 1 rings (SSSR count). The number of likely N-dealkylation sites (tertiary alicyclic amines) is 1. The largest absolute Gasteiger partial charge is 0.301 e. The molecule has 0 N–H and O–H groups in total. The molecule has 0 unspecified atom stereocenters. The minimum atomic E-state index is 0.526. The second-order valence-electron chi connectivity index (χ2n) is 7.03. The van der Waals surface area contributed by atoms with Gasteiger partial charge < -0.3 is 4.90 Å². The molecule has 1 fully saturated rings. The highest BCUT2D eigenvalue weighted by Crippen LogP contribution is 2.27. The third kappa shape index (κ3) is 5.34. The molecule has 0 aliphatic carbocycles. The lowest BCUT2D eigenvalue weighted by Crippen LogP contribution is -2.38. The SMILES string of the molecule is CC(C)N1CCC(CCCC(C)(C)C)CC1. The molecule has 0 spiro atoms. The molecule has 1 nitrogen and oxygen atoms in total. The summed E-state index contributed by atoms with van der Waals surface area (Å²) in [4.78, 5) is 2.63. The van der Waals surface area contributed by atoms with Crippen molar-refractivity contribution in [1.82, 2.24) is 4.90 Å². The maximum Gasteiger partial charge on any atom is 0.00385 e. The fraction of sp³-hybridized carbons (Fsp3) is 1.00. The maximum atomic E-state index is 2.63. The van der Waals surface area contributed by atoms with Gasteiger partial charge in [0.25, 0.3) is 0 Å². The van der Waals surface area contributed by atoms with Gasteiger partial charge in [-0.1, -0.05) is 33.6 Å². The van der Waals surface area contributed by atoms with Crippen molar-refractivity contribution in [2.75, 3.05) is 13.1 Å². The summed E-state index contributed by atoms with van der Waals surface area (Å²) in [6, 6.07) is 0.746. The van der Waals surface area contributed by atoms with E-state index in [0.717, 1.165) is 12.0 Å². The molecule has 16 heavy (non-hydrogen) atoms. The first-order valence-corrected chi connectivity index (χ1v) is 7.12. The van der Waals surface area contributed by atoms with E-state index in [2.05, 4.69) is 39.5 Å². The van der Waals surface area contributed by atoms with Gasteiger partial charge >= 0.3 is 0 Å². The van der Waals surface area contributed by atoms with E-state index in [1.807, 2.05) is 0 Å². The number of hydrogen-bond donors (Lipinski definition) is 0. The van der Waals surface area contributed by atoms with Crippen molar-refractivity contribution in [3.05, 3.63) is 0 Å². The van der Waals surface area contributed by atoms with Crippen LogP contribution in [0.5, 0.6) is 0 Å². The zero-order valence-electron chi connectivity index (χ0n) is 12.1. The lowest BCUT2D eigenvalue weighted by molar-refractivity contribution is 0.142. The summed E-state index contributed by atoms with van der Waals surface area (Å²) in [5.74, 6) is 1.01. The Bertz CT molecular complexity index is 182. The van der Waals surface area contributed by atoms with Crippen LogP contribution in [0.4, 0.5) is 0 Å². The van der Waals surface area contributed by atoms with Crippen molar-refractivity contribution in [2.45, 2.75) is 72.8 Å². The minimum absolute atomic E-state index is 0.526. The Labute approximate surface area is 103 Å². The molecule has 96 valence electrons. The van der Waals surface area contributed by atoms with Gasteiger partial charge in [0.05, 0.1) is 0 Å². The predicted molar refractivity (Wildman–Crippen MR) is 72.7 cm³/mol. The van der Waals surface area contributed by atoms with Gasteiger partial charge in [-0.3, -0.25) is 0 Å². The van der Waals surface area contributed by atoms with E-state index < -0.39 is 0 Å². The van der Waals surface area contributed by atoms with E-state index in [9.17, 15) is 0 Å². The van der Waals surface area contributed by atoms with E-state index in [1.165, 1.54) is 45.2 Å². The van der Waals surface area contributed by atoms with Crippen LogP contribution in [0, 0.1) is 11.3 Å². The molecule has 1 heterocycles. The summed E-state index contributed by atoms with van der Waals surface area (Å²) in [7, 11) is 0. The van der Waals surface area contributed by atoms with Crippen molar-refractivity contribution in [2.24, 2.45) is 11.3 Å². The summed E-state index contributed by atoms with van der Waals surface area (Å²) in [5.41, 5.74) is 0.526. The van der Waals surface area contributed by atoms with Crippen LogP contribution >= 0.6 is 0 Å². The van der Waals surface area contributed by atoms with Crippen molar-refractivity contribution in [3.8, 4) is 0 Å². The van der Waals surface area contributed by atoms with Gasteiger partial charge in [0.2, 0.25) is 0 Å². The van der Waals surface area contributed by atoms with Crippen LogP contribution in [0.1, 0.15) is 66.7 Å². The number of piperidine rings is 1. The molecule has 0 aromatic heterocycles. The molecule has 0 atom stereocenters. The molecule has 1 aliphatic heterocycles. The lowest BCUT2D eigenvalue weighted by atomic mass is 9.85. The van der Waals surface area contributed by atoms with Crippen molar-refractivity contribution < 1.29 is 0 Å². The second-order valence-corrected chi connectivity index (χ2v) is 7.03. The Hall–Kier alpha value is -0.0400. The van der Waals surface area contributed by atoms with Crippen molar-refractivity contribution >= 4 is 0 Å².